The minimum absolute atomic E-state index is 0.0546. The Bertz CT molecular complexity index is 3520. The van der Waals surface area contributed by atoms with Crippen LogP contribution < -0.4 is 41.9 Å². The summed E-state index contributed by atoms with van der Waals surface area (Å²) in [6.45, 7) is 5.12. The van der Waals surface area contributed by atoms with Gasteiger partial charge in [0.1, 0.15) is 11.8 Å². The summed E-state index contributed by atoms with van der Waals surface area (Å²) < 4.78 is 53.3. The Morgan fingerprint density at radius 3 is 2.12 bits per heavy atom. The first-order valence-corrected chi connectivity index (χ1v) is 25.6. The van der Waals surface area contributed by atoms with Crippen LogP contribution in [0, 0.1) is 13.8 Å². The molecule has 394 valence electrons. The first-order chi connectivity index (χ1) is 36.6. The number of amides is 3. The van der Waals surface area contributed by atoms with Gasteiger partial charge in [0.2, 0.25) is 22.9 Å². The zero-order valence-electron chi connectivity index (χ0n) is 41.4. The third-order valence-corrected chi connectivity index (χ3v) is 12.8. The fraction of sp³-hybridized carbons (Fsp3) is 0.269. The van der Waals surface area contributed by atoms with E-state index in [1.807, 2.05) is 28.8 Å². The molecule has 4 aromatic carbocycles. The van der Waals surface area contributed by atoms with Crippen LogP contribution in [-0.4, -0.2) is 118 Å². The molecule has 8 aromatic rings. The van der Waals surface area contributed by atoms with E-state index in [0.29, 0.717) is 72.4 Å². The number of nitrogens with one attached hydrogen (secondary N) is 6. The lowest BCUT2D eigenvalue weighted by Crippen LogP contribution is -2.48. The third-order valence-electron chi connectivity index (χ3n) is 12.0. The summed E-state index contributed by atoms with van der Waals surface area (Å²) in [6.07, 6.45) is 4.78. The van der Waals surface area contributed by atoms with E-state index in [9.17, 15) is 36.9 Å². The van der Waals surface area contributed by atoms with Gasteiger partial charge in [0.15, 0.2) is 17.7 Å². The molecule has 0 saturated carbocycles. The van der Waals surface area contributed by atoms with Gasteiger partial charge < -0.3 is 50.7 Å². The summed E-state index contributed by atoms with van der Waals surface area (Å²) in [5.74, 6) is -2.12. The molecule has 0 fully saturated rings. The molecule has 4 aromatic heterocycles. The number of imidazole rings is 1. The fourth-order valence-electron chi connectivity index (χ4n) is 8.45. The SMILES string of the molecule is Cc1cc(C(=O)NCCOCCOCCNC(=O)C(Cc2cnc[nH]2)NC(=O)c2ccc(NCc3cnc4nc(N)[nH]c(=O)c4n3)cc2)cc(C)c1OC(=O)c1c2ccccc2[n+](CCCS(=O)(=O)[O-])c2ccccc12. The second kappa shape index (κ2) is 24.5. The highest BCUT2D eigenvalue weighted by atomic mass is 32.2. The molecule has 0 saturated heterocycles. The summed E-state index contributed by atoms with van der Waals surface area (Å²) in [7, 11) is -4.41. The molecule has 0 aliphatic carbocycles. The van der Waals surface area contributed by atoms with Crippen molar-refractivity contribution in [2.24, 2.45) is 0 Å². The highest BCUT2D eigenvalue weighted by molar-refractivity contribution is 7.85. The Morgan fingerprint density at radius 1 is 0.816 bits per heavy atom. The molecule has 8 N–H and O–H groups in total. The lowest BCUT2D eigenvalue weighted by Gasteiger charge is -2.18. The Hall–Kier alpha value is -8.71. The average Bonchev–Trinajstić information content (AvgIpc) is 3.92. The van der Waals surface area contributed by atoms with Crippen molar-refractivity contribution in [1.82, 2.24) is 45.9 Å². The van der Waals surface area contributed by atoms with Gasteiger partial charge in [-0.25, -0.2) is 28.2 Å². The number of ether oxygens (including phenoxy) is 3. The Morgan fingerprint density at radius 2 is 1.47 bits per heavy atom. The van der Waals surface area contributed by atoms with Gasteiger partial charge in [-0.15, -0.1) is 0 Å². The van der Waals surface area contributed by atoms with E-state index in [2.05, 4.69) is 51.2 Å². The maximum atomic E-state index is 14.1. The normalized spacial score (nSPS) is 11.9. The van der Waals surface area contributed by atoms with Crippen LogP contribution in [0.2, 0.25) is 0 Å². The van der Waals surface area contributed by atoms with Crippen molar-refractivity contribution in [2.75, 3.05) is 56.3 Å². The van der Waals surface area contributed by atoms with Crippen LogP contribution in [0.15, 0.2) is 108 Å². The molecule has 0 radical (unpaired) electrons. The van der Waals surface area contributed by atoms with E-state index in [0.717, 1.165) is 0 Å². The van der Waals surface area contributed by atoms with Gasteiger partial charge in [0.25, 0.3) is 17.4 Å². The number of para-hydroxylation sites is 2. The topological polar surface area (TPSA) is 331 Å². The highest BCUT2D eigenvalue weighted by Crippen LogP contribution is 2.30. The zero-order valence-corrected chi connectivity index (χ0v) is 42.2. The first kappa shape index (κ1) is 53.6. The molecule has 0 bridgehead atoms. The number of esters is 1. The van der Waals surface area contributed by atoms with Crippen molar-refractivity contribution in [3.8, 4) is 5.75 Å². The van der Waals surface area contributed by atoms with Gasteiger partial charge in [-0.1, -0.05) is 24.3 Å². The standard InChI is InChI=1S/C52H54N12O11S/c1-31-24-34(25-32(2)45(31)75-51(69)43-38-8-3-5-10-41(38)64(18-7-23-76(70,71)72)42-11-6-4-9-39(42)43)47(65)55-16-19-73-21-22-74-20-17-56-49(67)40(26-36-27-54-30-59-36)61-48(66)33-12-14-35(15-13-33)57-28-37-29-58-46-44(60-37)50(68)63-52(53)62-46/h3-6,8-15,24-25,27,29-30,40H,7,16-23,26,28H2,1-2H3,(H8-,53,54,55,56,57,58,59,61,62,63,65,66,67,68,70,71,72). The molecule has 3 amide bonds. The molecule has 0 aliphatic heterocycles. The Kier molecular flexibility index (Phi) is 17.3. The lowest BCUT2D eigenvalue weighted by atomic mass is 10.0. The number of rotatable bonds is 24. The number of aromatic nitrogens is 7. The van der Waals surface area contributed by atoms with E-state index in [4.69, 9.17) is 19.9 Å². The van der Waals surface area contributed by atoms with Gasteiger partial charge in [0, 0.05) is 72.5 Å². The van der Waals surface area contributed by atoms with Gasteiger partial charge in [-0.2, -0.15) is 9.55 Å². The van der Waals surface area contributed by atoms with Crippen LogP contribution in [0.3, 0.4) is 0 Å². The molecule has 4 heterocycles. The number of nitrogens with two attached hydrogens (primary N) is 1. The van der Waals surface area contributed by atoms with Crippen LogP contribution >= 0.6 is 0 Å². The van der Waals surface area contributed by atoms with E-state index in [1.54, 1.807) is 80.7 Å². The van der Waals surface area contributed by atoms with Crippen molar-refractivity contribution in [1.29, 1.82) is 0 Å². The molecule has 24 heteroatoms. The molecule has 76 heavy (non-hydrogen) atoms. The number of hydrogen-bond acceptors (Lipinski definition) is 17. The Labute approximate surface area is 434 Å². The van der Waals surface area contributed by atoms with Crippen molar-refractivity contribution in [2.45, 2.75) is 45.8 Å². The second-order valence-electron chi connectivity index (χ2n) is 17.5. The minimum atomic E-state index is -4.41. The number of carbonyl (C=O) groups is 4. The van der Waals surface area contributed by atoms with Crippen LogP contribution in [-0.2, 0) is 43.9 Å². The number of H-pyrrole nitrogens is 2. The van der Waals surface area contributed by atoms with Crippen LogP contribution in [0.25, 0.3) is 33.0 Å². The number of anilines is 2. The van der Waals surface area contributed by atoms with E-state index in [1.165, 1.54) is 12.5 Å². The maximum Gasteiger partial charge on any atom is 0.345 e. The number of pyridine rings is 1. The number of carbonyl (C=O) groups excluding carboxylic acids is 4. The smallest absolute Gasteiger partial charge is 0.345 e. The molecule has 0 spiro atoms. The van der Waals surface area contributed by atoms with Crippen LogP contribution in [0.4, 0.5) is 11.6 Å². The summed E-state index contributed by atoms with van der Waals surface area (Å²) in [6, 6.07) is 23.4. The molecular weight excluding hydrogens is 1000 g/mol. The minimum Gasteiger partial charge on any atom is -0.748 e. The predicted octanol–water partition coefficient (Wildman–Crippen LogP) is 2.92. The van der Waals surface area contributed by atoms with Gasteiger partial charge in [-0.05, 0) is 73.5 Å². The molecule has 1 atom stereocenters. The van der Waals surface area contributed by atoms with Crippen molar-refractivity contribution < 1.29 is 50.9 Å². The monoisotopic (exact) mass is 1050 g/mol. The summed E-state index contributed by atoms with van der Waals surface area (Å²) in [5, 5.41) is 12.8. The summed E-state index contributed by atoms with van der Waals surface area (Å²) in [5.41, 5.74) is 10.5. The highest BCUT2D eigenvalue weighted by Gasteiger charge is 2.27. The number of benzene rings is 4. The van der Waals surface area contributed by atoms with E-state index >= 15 is 0 Å². The van der Waals surface area contributed by atoms with Crippen molar-refractivity contribution >= 4 is 78.4 Å². The molecule has 0 aliphatic rings. The van der Waals surface area contributed by atoms with Crippen LogP contribution in [0.5, 0.6) is 5.75 Å². The first-order valence-electron chi connectivity index (χ1n) is 24.1. The Balaban J connectivity index is 0.754. The van der Waals surface area contributed by atoms with Gasteiger partial charge >= 0.3 is 5.97 Å². The predicted molar refractivity (Wildman–Crippen MR) is 278 cm³/mol. The average molecular weight is 1060 g/mol. The fourth-order valence-corrected chi connectivity index (χ4v) is 8.93. The molecular formula is C52H54N12O11S. The van der Waals surface area contributed by atoms with Crippen molar-refractivity contribution in [3.63, 3.8) is 0 Å². The third kappa shape index (κ3) is 13.7. The second-order valence-corrected chi connectivity index (χ2v) is 19.0. The zero-order chi connectivity index (χ0) is 53.8. The number of nitrogen functional groups attached to an aromatic ring is 1. The summed E-state index contributed by atoms with van der Waals surface area (Å²) >= 11 is 0. The number of nitrogens with zero attached hydrogens (tertiary/aromatic N) is 5. The summed E-state index contributed by atoms with van der Waals surface area (Å²) in [4.78, 5) is 87.9. The maximum absolute atomic E-state index is 14.1. The largest absolute Gasteiger partial charge is 0.748 e. The molecule has 8 rings (SSSR count). The molecule has 23 nitrogen and oxygen atoms in total. The van der Waals surface area contributed by atoms with Gasteiger partial charge in [-0.3, -0.25) is 24.2 Å². The van der Waals surface area contributed by atoms with E-state index in [-0.39, 0.29) is 88.5 Å². The van der Waals surface area contributed by atoms with Crippen molar-refractivity contribution in [3.05, 3.63) is 153 Å². The number of fused-ring (bicyclic) bond motifs is 3. The van der Waals surface area contributed by atoms with Gasteiger partial charge in [0.05, 0.1) is 77.6 Å². The quantitative estimate of drug-likeness (QED) is 0.0114. The van der Waals surface area contributed by atoms with E-state index < -0.39 is 45.3 Å². The molecule has 1 unspecified atom stereocenters. The number of aryl methyl sites for hydroxylation is 3. The van der Waals surface area contributed by atoms with Crippen LogP contribution in [0.1, 0.15) is 60.0 Å². The number of hydrogen-bond donors (Lipinski definition) is 7. The number of aromatic amines is 2. The lowest BCUT2D eigenvalue weighted by molar-refractivity contribution is -0.645.